The highest BCUT2D eigenvalue weighted by molar-refractivity contribution is 6.10. The molecule has 1 spiro atoms. The maximum Gasteiger partial charge on any atom is 0.164 e. The van der Waals surface area contributed by atoms with Crippen LogP contribution in [0.5, 0.6) is 0 Å². The quantitative estimate of drug-likeness (QED) is 0.194. The van der Waals surface area contributed by atoms with Crippen LogP contribution in [0.1, 0.15) is 43.2 Å². The molecule has 49 heavy (non-hydrogen) atoms. The molecule has 234 valence electrons. The lowest BCUT2D eigenvalue weighted by atomic mass is 9.68. The van der Waals surface area contributed by atoms with Gasteiger partial charge in [-0.2, -0.15) is 0 Å². The van der Waals surface area contributed by atoms with Crippen molar-refractivity contribution in [1.82, 2.24) is 15.0 Å². The van der Waals surface area contributed by atoms with Crippen LogP contribution in [0, 0.1) is 0 Å². The fourth-order valence-electron chi connectivity index (χ4n) is 8.43. The Labute approximate surface area is 285 Å². The largest absolute Gasteiger partial charge is 0.455 e. The van der Waals surface area contributed by atoms with Crippen molar-refractivity contribution in [2.75, 3.05) is 0 Å². The molecule has 4 nitrogen and oxygen atoms in total. The second kappa shape index (κ2) is 11.1. The van der Waals surface area contributed by atoms with Crippen LogP contribution in [-0.4, -0.2) is 15.0 Å². The molecule has 6 aromatic carbocycles. The average Bonchev–Trinajstić information content (AvgIpc) is 3.68. The standard InChI is InChI=1S/C45H33N3O/c1-4-13-29(14-5-1)42-46-43(30-15-6-2-7-16-30)48-44(47-42)32-22-24-40-37(28-32)35-19-12-18-33(41(35)49-40)31-21-23-39-36(27-31)34-17-8-9-20-38(34)45(39)25-10-3-11-26-45/h1-2,4-9,12-24,27-28H,3,10-11,25-26H2. The molecule has 0 N–H and O–H groups in total. The van der Waals surface area contributed by atoms with Gasteiger partial charge in [-0.05, 0) is 64.9 Å². The second-order valence-corrected chi connectivity index (χ2v) is 13.5. The highest BCUT2D eigenvalue weighted by atomic mass is 16.3. The molecular weight excluding hydrogens is 599 g/mol. The van der Waals surface area contributed by atoms with Crippen molar-refractivity contribution in [1.29, 1.82) is 0 Å². The van der Waals surface area contributed by atoms with E-state index in [9.17, 15) is 0 Å². The Kier molecular flexibility index (Phi) is 6.38. The van der Waals surface area contributed by atoms with Gasteiger partial charge < -0.3 is 4.42 Å². The number of furan rings is 1. The van der Waals surface area contributed by atoms with Gasteiger partial charge in [0.1, 0.15) is 11.2 Å². The number of benzene rings is 6. The van der Waals surface area contributed by atoms with Gasteiger partial charge >= 0.3 is 0 Å². The van der Waals surface area contributed by atoms with E-state index in [1.54, 1.807) is 0 Å². The van der Waals surface area contributed by atoms with Crippen molar-refractivity contribution in [3.05, 3.63) is 151 Å². The van der Waals surface area contributed by atoms with Crippen molar-refractivity contribution in [3.8, 4) is 56.4 Å². The first-order chi connectivity index (χ1) is 24.2. The number of hydrogen-bond acceptors (Lipinski definition) is 4. The van der Waals surface area contributed by atoms with Gasteiger partial charge in [0.2, 0.25) is 0 Å². The Morgan fingerprint density at radius 2 is 1.04 bits per heavy atom. The van der Waals surface area contributed by atoms with Crippen LogP contribution in [0.3, 0.4) is 0 Å². The highest BCUT2D eigenvalue weighted by Gasteiger charge is 2.43. The summed E-state index contributed by atoms with van der Waals surface area (Å²) in [6.45, 7) is 0. The van der Waals surface area contributed by atoms with E-state index in [0.29, 0.717) is 17.5 Å². The van der Waals surface area contributed by atoms with E-state index in [4.69, 9.17) is 19.4 Å². The van der Waals surface area contributed by atoms with Crippen molar-refractivity contribution in [2.45, 2.75) is 37.5 Å². The minimum atomic E-state index is 0.153. The molecule has 2 aliphatic rings. The number of nitrogens with zero attached hydrogens (tertiary/aromatic N) is 3. The normalized spacial score (nSPS) is 14.7. The van der Waals surface area contributed by atoms with Crippen LogP contribution < -0.4 is 0 Å². The molecule has 0 saturated heterocycles. The summed E-state index contributed by atoms with van der Waals surface area (Å²) in [6.07, 6.45) is 6.39. The summed E-state index contributed by atoms with van der Waals surface area (Å²) in [5.41, 5.74) is 12.8. The summed E-state index contributed by atoms with van der Waals surface area (Å²) in [7, 11) is 0. The van der Waals surface area contributed by atoms with Crippen molar-refractivity contribution < 1.29 is 4.42 Å². The Bertz CT molecular complexity index is 2470. The van der Waals surface area contributed by atoms with Crippen molar-refractivity contribution in [3.63, 3.8) is 0 Å². The van der Waals surface area contributed by atoms with Crippen molar-refractivity contribution in [2.24, 2.45) is 0 Å². The molecule has 2 aliphatic carbocycles. The van der Waals surface area contributed by atoms with Gasteiger partial charge in [0.05, 0.1) is 0 Å². The summed E-state index contributed by atoms with van der Waals surface area (Å²) in [5.74, 6) is 1.93. The van der Waals surface area contributed by atoms with E-state index in [0.717, 1.165) is 44.2 Å². The Balaban J connectivity index is 1.10. The number of aromatic nitrogens is 3. The van der Waals surface area contributed by atoms with Crippen LogP contribution in [0.15, 0.2) is 144 Å². The third kappa shape index (κ3) is 4.48. The first-order valence-corrected chi connectivity index (χ1v) is 17.3. The van der Waals surface area contributed by atoms with Crippen LogP contribution in [-0.2, 0) is 5.41 Å². The first kappa shape index (κ1) is 28.2. The zero-order valence-electron chi connectivity index (χ0n) is 27.1. The smallest absolute Gasteiger partial charge is 0.164 e. The summed E-state index contributed by atoms with van der Waals surface area (Å²) in [4.78, 5) is 14.8. The van der Waals surface area contributed by atoms with Crippen molar-refractivity contribution >= 4 is 21.9 Å². The van der Waals surface area contributed by atoms with Crippen LogP contribution >= 0.6 is 0 Å². The van der Waals surface area contributed by atoms with Gasteiger partial charge in [0, 0.05) is 38.4 Å². The van der Waals surface area contributed by atoms with Gasteiger partial charge in [0.25, 0.3) is 0 Å². The maximum absolute atomic E-state index is 6.66. The van der Waals surface area contributed by atoms with E-state index in [1.165, 1.54) is 59.9 Å². The van der Waals surface area contributed by atoms with E-state index in [-0.39, 0.29) is 5.41 Å². The SMILES string of the molecule is c1ccc(-c2nc(-c3ccccc3)nc(-c3ccc4oc5c(-c6ccc7c(c6)-c6ccccc6C76CCCCC6)cccc5c4c3)n2)cc1. The summed E-state index contributed by atoms with van der Waals surface area (Å²) < 4.78 is 6.66. The molecule has 0 unspecified atom stereocenters. The number of rotatable bonds is 4. The van der Waals surface area contributed by atoms with Gasteiger partial charge in [-0.3, -0.25) is 0 Å². The molecule has 1 saturated carbocycles. The minimum Gasteiger partial charge on any atom is -0.455 e. The van der Waals surface area contributed by atoms with Crippen LogP contribution in [0.4, 0.5) is 0 Å². The zero-order chi connectivity index (χ0) is 32.4. The zero-order valence-corrected chi connectivity index (χ0v) is 27.1. The fourth-order valence-corrected chi connectivity index (χ4v) is 8.43. The third-order valence-corrected chi connectivity index (χ3v) is 10.7. The molecule has 0 amide bonds. The highest BCUT2D eigenvalue weighted by Crippen LogP contribution is 2.56. The topological polar surface area (TPSA) is 51.8 Å². The lowest BCUT2D eigenvalue weighted by Crippen LogP contribution is -2.27. The minimum absolute atomic E-state index is 0.153. The second-order valence-electron chi connectivity index (χ2n) is 13.5. The lowest BCUT2D eigenvalue weighted by molar-refractivity contribution is 0.353. The average molecular weight is 632 g/mol. The first-order valence-electron chi connectivity index (χ1n) is 17.3. The molecule has 0 radical (unpaired) electrons. The summed E-state index contributed by atoms with van der Waals surface area (Å²) in [5, 5.41) is 2.13. The molecule has 2 heterocycles. The number of para-hydroxylation sites is 1. The van der Waals surface area contributed by atoms with Gasteiger partial charge in [-0.15, -0.1) is 0 Å². The van der Waals surface area contributed by atoms with E-state index < -0.39 is 0 Å². The lowest BCUT2D eigenvalue weighted by Gasteiger charge is -2.36. The van der Waals surface area contributed by atoms with E-state index in [1.807, 2.05) is 66.7 Å². The summed E-state index contributed by atoms with van der Waals surface area (Å²) >= 11 is 0. The Hall–Kier alpha value is -5.87. The molecular formula is C45H33N3O. The van der Waals surface area contributed by atoms with Crippen LogP contribution in [0.2, 0.25) is 0 Å². The number of fused-ring (bicyclic) bond motifs is 8. The van der Waals surface area contributed by atoms with Gasteiger partial charge in [0.15, 0.2) is 17.5 Å². The molecule has 2 aromatic heterocycles. The Morgan fingerprint density at radius 3 is 1.78 bits per heavy atom. The predicted octanol–water partition coefficient (Wildman–Crippen LogP) is 11.7. The number of hydrogen-bond donors (Lipinski definition) is 0. The monoisotopic (exact) mass is 631 g/mol. The predicted molar refractivity (Wildman–Crippen MR) is 198 cm³/mol. The molecule has 10 rings (SSSR count). The fraction of sp³-hybridized carbons (Fsp3) is 0.133. The van der Waals surface area contributed by atoms with E-state index >= 15 is 0 Å². The van der Waals surface area contributed by atoms with Gasteiger partial charge in [-0.1, -0.05) is 135 Å². The maximum atomic E-state index is 6.66. The van der Waals surface area contributed by atoms with Gasteiger partial charge in [-0.25, -0.2) is 15.0 Å². The third-order valence-electron chi connectivity index (χ3n) is 10.7. The van der Waals surface area contributed by atoms with Crippen LogP contribution in [0.25, 0.3) is 78.4 Å². The molecule has 4 heteroatoms. The van der Waals surface area contributed by atoms with E-state index in [2.05, 4.69) is 72.8 Å². The molecule has 1 fully saturated rings. The summed E-state index contributed by atoms with van der Waals surface area (Å²) in [6, 6.07) is 49.2. The molecule has 0 bridgehead atoms. The molecule has 8 aromatic rings. The molecule has 0 aliphatic heterocycles. The molecule has 0 atom stereocenters. The Morgan fingerprint density at radius 1 is 0.429 bits per heavy atom.